The predicted molar refractivity (Wildman–Crippen MR) is 64.8 cm³/mol. The molecule has 0 saturated carbocycles. The molecule has 1 aromatic carbocycles. The van der Waals surface area contributed by atoms with Gasteiger partial charge in [-0.25, -0.2) is 0 Å². The molecule has 1 rings (SSSR count). The second kappa shape index (κ2) is 5.95. The second-order valence-electron chi connectivity index (χ2n) is 3.60. The van der Waals surface area contributed by atoms with Crippen LogP contribution in [0.1, 0.15) is 24.2 Å². The van der Waals surface area contributed by atoms with Crippen molar-refractivity contribution in [2.75, 3.05) is 13.2 Å². The van der Waals surface area contributed by atoms with Crippen molar-refractivity contribution in [2.24, 2.45) is 0 Å². The Kier molecular flexibility index (Phi) is 4.58. The van der Waals surface area contributed by atoms with Crippen LogP contribution in [-0.2, 0) is 0 Å². The van der Waals surface area contributed by atoms with E-state index in [0.717, 1.165) is 11.3 Å². The maximum atomic E-state index is 11.6. The molecule has 16 heavy (non-hydrogen) atoms. The molecule has 3 heteroatoms. The van der Waals surface area contributed by atoms with Crippen molar-refractivity contribution in [2.45, 2.75) is 13.8 Å². The Bertz CT molecular complexity index is 368. The summed E-state index contributed by atoms with van der Waals surface area (Å²) in [5.74, 6) is 0.685. The highest BCUT2D eigenvalue weighted by molar-refractivity contribution is 5.94. The lowest BCUT2D eigenvalue weighted by Crippen LogP contribution is -2.24. The summed E-state index contributed by atoms with van der Waals surface area (Å²) < 4.78 is 5.29. The van der Waals surface area contributed by atoms with Crippen LogP contribution in [0.15, 0.2) is 36.4 Å². The van der Waals surface area contributed by atoms with Crippen molar-refractivity contribution < 1.29 is 9.53 Å². The number of carbonyl (C=O) groups is 1. The number of hydrogen-bond donors (Lipinski definition) is 1. The van der Waals surface area contributed by atoms with Gasteiger partial charge in [-0.3, -0.25) is 4.79 Å². The van der Waals surface area contributed by atoms with E-state index in [2.05, 4.69) is 11.9 Å². The molecule has 0 atom stereocenters. The molecule has 0 fully saturated rings. The SMILES string of the molecule is C=C(C)CNC(=O)c1ccc(OCC)cc1. The first-order chi connectivity index (χ1) is 7.63. The van der Waals surface area contributed by atoms with E-state index < -0.39 is 0 Å². The summed E-state index contributed by atoms with van der Waals surface area (Å²) in [4.78, 5) is 11.6. The van der Waals surface area contributed by atoms with E-state index in [1.165, 1.54) is 0 Å². The van der Waals surface area contributed by atoms with Crippen molar-refractivity contribution in [3.63, 3.8) is 0 Å². The van der Waals surface area contributed by atoms with Crippen molar-refractivity contribution in [1.82, 2.24) is 5.32 Å². The highest BCUT2D eigenvalue weighted by atomic mass is 16.5. The molecule has 3 nitrogen and oxygen atoms in total. The lowest BCUT2D eigenvalue weighted by atomic mass is 10.2. The summed E-state index contributed by atoms with van der Waals surface area (Å²) in [5, 5.41) is 2.77. The van der Waals surface area contributed by atoms with E-state index in [9.17, 15) is 4.79 Å². The molecular weight excluding hydrogens is 202 g/mol. The summed E-state index contributed by atoms with van der Waals surface area (Å²) in [6, 6.07) is 7.08. The molecule has 0 heterocycles. The molecule has 0 aliphatic heterocycles. The predicted octanol–water partition coefficient (Wildman–Crippen LogP) is 2.39. The first-order valence-electron chi connectivity index (χ1n) is 5.29. The maximum Gasteiger partial charge on any atom is 0.251 e. The van der Waals surface area contributed by atoms with Crippen LogP contribution in [0.4, 0.5) is 0 Å². The average Bonchev–Trinajstić information content (AvgIpc) is 2.27. The Morgan fingerprint density at radius 2 is 2.00 bits per heavy atom. The van der Waals surface area contributed by atoms with Crippen LogP contribution in [0.25, 0.3) is 0 Å². The van der Waals surface area contributed by atoms with Crippen molar-refractivity contribution >= 4 is 5.91 Å². The van der Waals surface area contributed by atoms with Crippen LogP contribution in [0.5, 0.6) is 5.75 Å². The Labute approximate surface area is 96.1 Å². The number of ether oxygens (including phenoxy) is 1. The van der Waals surface area contributed by atoms with Gasteiger partial charge in [0.25, 0.3) is 5.91 Å². The van der Waals surface area contributed by atoms with Crippen LogP contribution in [-0.4, -0.2) is 19.1 Å². The highest BCUT2D eigenvalue weighted by Gasteiger charge is 2.04. The first-order valence-corrected chi connectivity index (χ1v) is 5.29. The Morgan fingerprint density at radius 1 is 1.38 bits per heavy atom. The summed E-state index contributed by atoms with van der Waals surface area (Å²) >= 11 is 0. The van der Waals surface area contributed by atoms with Gasteiger partial charge in [-0.05, 0) is 38.1 Å². The minimum atomic E-state index is -0.0916. The lowest BCUT2D eigenvalue weighted by molar-refractivity contribution is 0.0957. The Morgan fingerprint density at radius 3 is 2.50 bits per heavy atom. The summed E-state index contributed by atoms with van der Waals surface area (Å²) in [6.07, 6.45) is 0. The third kappa shape index (κ3) is 3.77. The zero-order chi connectivity index (χ0) is 12.0. The van der Waals surface area contributed by atoms with Crippen LogP contribution in [0.2, 0.25) is 0 Å². The van der Waals surface area contributed by atoms with Gasteiger partial charge in [0.05, 0.1) is 6.61 Å². The minimum absolute atomic E-state index is 0.0916. The van der Waals surface area contributed by atoms with Crippen LogP contribution < -0.4 is 10.1 Å². The number of nitrogens with one attached hydrogen (secondary N) is 1. The Balaban J connectivity index is 2.59. The van der Waals surface area contributed by atoms with Gasteiger partial charge in [-0.1, -0.05) is 12.2 Å². The summed E-state index contributed by atoms with van der Waals surface area (Å²) in [5.41, 5.74) is 1.56. The van der Waals surface area contributed by atoms with E-state index in [4.69, 9.17) is 4.74 Å². The molecule has 0 aliphatic rings. The van der Waals surface area contributed by atoms with E-state index in [-0.39, 0.29) is 5.91 Å². The highest BCUT2D eigenvalue weighted by Crippen LogP contribution is 2.11. The van der Waals surface area contributed by atoms with E-state index >= 15 is 0 Å². The molecule has 0 aromatic heterocycles. The van der Waals surface area contributed by atoms with Gasteiger partial charge in [0, 0.05) is 12.1 Å². The molecule has 1 aromatic rings. The molecular formula is C13H17NO2. The van der Waals surface area contributed by atoms with Crippen LogP contribution >= 0.6 is 0 Å². The third-order valence-corrected chi connectivity index (χ3v) is 1.98. The van der Waals surface area contributed by atoms with Gasteiger partial charge in [0.2, 0.25) is 0 Å². The first kappa shape index (κ1) is 12.3. The number of hydrogen-bond acceptors (Lipinski definition) is 2. The molecule has 0 saturated heterocycles. The largest absolute Gasteiger partial charge is 0.494 e. The van der Waals surface area contributed by atoms with E-state index in [1.54, 1.807) is 24.3 Å². The topological polar surface area (TPSA) is 38.3 Å². The lowest BCUT2D eigenvalue weighted by Gasteiger charge is -2.06. The molecule has 1 amide bonds. The zero-order valence-electron chi connectivity index (χ0n) is 9.75. The number of amides is 1. The number of carbonyl (C=O) groups excluding carboxylic acids is 1. The quantitative estimate of drug-likeness (QED) is 0.772. The molecule has 0 aliphatic carbocycles. The molecule has 0 bridgehead atoms. The Hall–Kier alpha value is -1.77. The summed E-state index contributed by atoms with van der Waals surface area (Å²) in [6.45, 7) is 8.65. The molecule has 0 unspecified atom stereocenters. The van der Waals surface area contributed by atoms with Gasteiger partial charge in [0.1, 0.15) is 5.75 Å². The van der Waals surface area contributed by atoms with Gasteiger partial charge >= 0.3 is 0 Å². The standard InChI is InChI=1S/C13H17NO2/c1-4-16-12-7-5-11(6-8-12)13(15)14-9-10(2)3/h5-8H,2,4,9H2,1,3H3,(H,14,15). The molecule has 86 valence electrons. The van der Waals surface area contributed by atoms with Crippen LogP contribution in [0, 0.1) is 0 Å². The minimum Gasteiger partial charge on any atom is -0.494 e. The van der Waals surface area contributed by atoms with Crippen molar-refractivity contribution in [1.29, 1.82) is 0 Å². The van der Waals surface area contributed by atoms with Crippen molar-refractivity contribution in [3.8, 4) is 5.75 Å². The van der Waals surface area contributed by atoms with Gasteiger partial charge in [-0.2, -0.15) is 0 Å². The molecule has 1 N–H and O–H groups in total. The van der Waals surface area contributed by atoms with E-state index in [1.807, 2.05) is 13.8 Å². The molecule has 0 radical (unpaired) electrons. The van der Waals surface area contributed by atoms with Gasteiger partial charge in [-0.15, -0.1) is 0 Å². The number of benzene rings is 1. The maximum absolute atomic E-state index is 11.6. The zero-order valence-corrected chi connectivity index (χ0v) is 9.75. The normalized spacial score (nSPS) is 9.62. The second-order valence-corrected chi connectivity index (χ2v) is 3.60. The fourth-order valence-corrected chi connectivity index (χ4v) is 1.20. The fraction of sp³-hybridized carbons (Fsp3) is 0.308. The molecule has 0 spiro atoms. The van der Waals surface area contributed by atoms with Crippen molar-refractivity contribution in [3.05, 3.63) is 42.0 Å². The summed E-state index contributed by atoms with van der Waals surface area (Å²) in [7, 11) is 0. The number of rotatable bonds is 5. The van der Waals surface area contributed by atoms with Gasteiger partial charge < -0.3 is 10.1 Å². The fourth-order valence-electron chi connectivity index (χ4n) is 1.20. The van der Waals surface area contributed by atoms with Crippen LogP contribution in [0.3, 0.4) is 0 Å². The van der Waals surface area contributed by atoms with Gasteiger partial charge in [0.15, 0.2) is 0 Å². The average molecular weight is 219 g/mol. The third-order valence-electron chi connectivity index (χ3n) is 1.98. The van der Waals surface area contributed by atoms with E-state index in [0.29, 0.717) is 18.7 Å². The smallest absolute Gasteiger partial charge is 0.251 e. The monoisotopic (exact) mass is 219 g/mol.